The van der Waals surface area contributed by atoms with Crippen molar-refractivity contribution in [2.45, 2.75) is 38.5 Å². The summed E-state index contributed by atoms with van der Waals surface area (Å²) >= 11 is 0. The first kappa shape index (κ1) is 12.8. The van der Waals surface area contributed by atoms with Crippen LogP contribution in [0, 0.1) is 0 Å². The van der Waals surface area contributed by atoms with Gasteiger partial charge in [0.15, 0.2) is 0 Å². The monoisotopic (exact) mass is 246 g/mol. The lowest BCUT2D eigenvalue weighted by Crippen LogP contribution is -2.21. The van der Waals surface area contributed by atoms with Crippen molar-refractivity contribution in [2.75, 3.05) is 7.11 Å². The Morgan fingerprint density at radius 3 is 2.50 bits per heavy atom. The second-order valence-electron chi connectivity index (χ2n) is 4.81. The normalized spacial score (nSPS) is 15.7. The molecule has 0 bridgehead atoms. The van der Waals surface area contributed by atoms with Crippen molar-refractivity contribution in [1.82, 2.24) is 0 Å². The number of benzene rings is 1. The summed E-state index contributed by atoms with van der Waals surface area (Å²) in [5, 5.41) is 0. The third kappa shape index (κ3) is 2.45. The predicted octanol–water partition coefficient (Wildman–Crippen LogP) is 2.41. The molecule has 18 heavy (non-hydrogen) atoms. The average Bonchev–Trinajstić information content (AvgIpc) is 2.44. The zero-order valence-electron chi connectivity index (χ0n) is 10.9. The lowest BCUT2D eigenvalue weighted by molar-refractivity contribution is -0.152. The van der Waals surface area contributed by atoms with E-state index in [4.69, 9.17) is 0 Å². The number of esters is 1. The predicted molar refractivity (Wildman–Crippen MR) is 68.5 cm³/mol. The molecule has 3 heteroatoms. The van der Waals surface area contributed by atoms with Crippen LogP contribution in [0.2, 0.25) is 0 Å². The van der Waals surface area contributed by atoms with E-state index in [1.54, 1.807) is 6.92 Å². The molecule has 0 N–H and O–H groups in total. The molecule has 1 aromatic carbocycles. The highest BCUT2D eigenvalue weighted by Crippen LogP contribution is 2.26. The summed E-state index contributed by atoms with van der Waals surface area (Å²) < 4.78 is 4.48. The fourth-order valence-electron chi connectivity index (χ4n) is 2.45. The maximum absolute atomic E-state index is 11.8. The minimum Gasteiger partial charge on any atom is -0.463 e. The van der Waals surface area contributed by atoms with Crippen molar-refractivity contribution in [3.05, 3.63) is 34.9 Å². The summed E-state index contributed by atoms with van der Waals surface area (Å²) in [4.78, 5) is 23.0. The first-order valence-electron chi connectivity index (χ1n) is 6.37. The Hall–Kier alpha value is -1.64. The van der Waals surface area contributed by atoms with Crippen molar-refractivity contribution >= 4 is 11.8 Å². The summed E-state index contributed by atoms with van der Waals surface area (Å²) in [5.41, 5.74) is 3.61. The van der Waals surface area contributed by atoms with Crippen LogP contribution in [-0.2, 0) is 27.2 Å². The van der Waals surface area contributed by atoms with Gasteiger partial charge in [-0.2, -0.15) is 0 Å². The van der Waals surface area contributed by atoms with Crippen LogP contribution in [-0.4, -0.2) is 18.9 Å². The molecule has 3 nitrogen and oxygen atoms in total. The largest absolute Gasteiger partial charge is 0.463 e. The Morgan fingerprint density at radius 1 is 1.17 bits per heavy atom. The van der Waals surface area contributed by atoms with Crippen LogP contribution in [0.5, 0.6) is 0 Å². The zero-order valence-corrected chi connectivity index (χ0v) is 10.9. The van der Waals surface area contributed by atoms with Gasteiger partial charge in [-0.15, -0.1) is 0 Å². The third-order valence-corrected chi connectivity index (χ3v) is 3.65. The molecule has 1 aliphatic rings. The Bertz CT molecular complexity index is 477. The number of carbonyl (C=O) groups excluding carboxylic acids is 2. The molecule has 0 aliphatic heterocycles. The highest BCUT2D eigenvalue weighted by atomic mass is 16.5. The molecule has 0 heterocycles. The second kappa shape index (κ2) is 5.34. The van der Waals surface area contributed by atoms with Crippen LogP contribution < -0.4 is 0 Å². The molecule has 0 spiro atoms. The number of ketones is 1. The molecule has 1 aromatic rings. The fraction of sp³-hybridized carbons (Fsp3) is 0.467. The topological polar surface area (TPSA) is 43.4 Å². The van der Waals surface area contributed by atoms with Crippen LogP contribution in [0.1, 0.15) is 42.4 Å². The standard InChI is InChI=1S/C15H18O3/c1-10(14(16)15(17)18-2)12-8-7-11-5-3-4-6-13(11)9-12/h7-10H,3-6H2,1-2H3. The highest BCUT2D eigenvalue weighted by molar-refractivity contribution is 6.35. The SMILES string of the molecule is COC(=O)C(=O)C(C)c1ccc2c(c1)CCCC2. The summed E-state index contributed by atoms with van der Waals surface area (Å²) in [6.07, 6.45) is 4.63. The van der Waals surface area contributed by atoms with Gasteiger partial charge in [-0.25, -0.2) is 4.79 Å². The lowest BCUT2D eigenvalue weighted by Gasteiger charge is -2.18. The Morgan fingerprint density at radius 2 is 1.83 bits per heavy atom. The van der Waals surface area contributed by atoms with Crippen LogP contribution >= 0.6 is 0 Å². The van der Waals surface area contributed by atoms with Crippen molar-refractivity contribution < 1.29 is 14.3 Å². The summed E-state index contributed by atoms with van der Waals surface area (Å²) in [5.74, 6) is -1.67. The molecule has 0 aromatic heterocycles. The lowest BCUT2D eigenvalue weighted by atomic mass is 9.87. The van der Waals surface area contributed by atoms with E-state index in [0.29, 0.717) is 0 Å². The quantitative estimate of drug-likeness (QED) is 0.607. The van der Waals surface area contributed by atoms with Gasteiger partial charge in [0.05, 0.1) is 13.0 Å². The van der Waals surface area contributed by atoms with E-state index >= 15 is 0 Å². The molecule has 1 aliphatic carbocycles. The Balaban J connectivity index is 2.23. The maximum atomic E-state index is 11.8. The van der Waals surface area contributed by atoms with Gasteiger partial charge < -0.3 is 4.74 Å². The van der Waals surface area contributed by atoms with Crippen LogP contribution in [0.15, 0.2) is 18.2 Å². The number of aryl methyl sites for hydroxylation is 2. The van der Waals surface area contributed by atoms with Gasteiger partial charge in [0, 0.05) is 0 Å². The van der Waals surface area contributed by atoms with E-state index in [0.717, 1.165) is 18.4 Å². The van der Waals surface area contributed by atoms with Gasteiger partial charge in [0.2, 0.25) is 5.78 Å². The van der Waals surface area contributed by atoms with Gasteiger partial charge in [-0.1, -0.05) is 25.1 Å². The molecular weight excluding hydrogens is 228 g/mol. The van der Waals surface area contributed by atoms with E-state index in [9.17, 15) is 9.59 Å². The Labute approximate surface area is 107 Å². The zero-order chi connectivity index (χ0) is 13.1. The number of fused-ring (bicyclic) bond motifs is 1. The van der Waals surface area contributed by atoms with Gasteiger partial charge in [-0.3, -0.25) is 4.79 Å². The smallest absolute Gasteiger partial charge is 0.374 e. The van der Waals surface area contributed by atoms with Crippen molar-refractivity contribution in [1.29, 1.82) is 0 Å². The van der Waals surface area contributed by atoms with E-state index in [1.807, 2.05) is 6.07 Å². The summed E-state index contributed by atoms with van der Waals surface area (Å²) in [6, 6.07) is 6.11. The number of hydrogen-bond acceptors (Lipinski definition) is 3. The van der Waals surface area contributed by atoms with E-state index < -0.39 is 17.7 Å². The van der Waals surface area contributed by atoms with Gasteiger partial charge >= 0.3 is 5.97 Å². The van der Waals surface area contributed by atoms with Gasteiger partial charge in [0.25, 0.3) is 0 Å². The number of Topliss-reactive ketones (excluding diaryl/α,β-unsaturated/α-hetero) is 1. The van der Waals surface area contributed by atoms with Crippen molar-refractivity contribution in [3.8, 4) is 0 Å². The first-order valence-corrected chi connectivity index (χ1v) is 6.37. The minimum absolute atomic E-state index is 0.426. The number of rotatable bonds is 3. The second-order valence-corrected chi connectivity index (χ2v) is 4.81. The van der Waals surface area contributed by atoms with Crippen molar-refractivity contribution in [3.63, 3.8) is 0 Å². The molecule has 0 saturated carbocycles. The number of ether oxygens (including phenoxy) is 1. The number of carbonyl (C=O) groups is 2. The number of hydrogen-bond donors (Lipinski definition) is 0. The van der Waals surface area contributed by atoms with Crippen molar-refractivity contribution in [2.24, 2.45) is 0 Å². The molecule has 1 atom stereocenters. The van der Waals surface area contributed by atoms with Crippen LogP contribution in [0.3, 0.4) is 0 Å². The summed E-state index contributed by atoms with van der Waals surface area (Å²) in [7, 11) is 1.24. The Kier molecular flexibility index (Phi) is 3.80. The molecular formula is C15H18O3. The minimum atomic E-state index is -0.764. The summed E-state index contributed by atoms with van der Waals surface area (Å²) in [6.45, 7) is 1.75. The molecule has 0 radical (unpaired) electrons. The molecule has 0 saturated heterocycles. The van der Waals surface area contributed by atoms with Gasteiger partial charge in [-0.05, 0) is 42.4 Å². The molecule has 1 unspecified atom stereocenters. The third-order valence-electron chi connectivity index (χ3n) is 3.65. The average molecular weight is 246 g/mol. The van der Waals surface area contributed by atoms with E-state index in [-0.39, 0.29) is 0 Å². The molecule has 96 valence electrons. The van der Waals surface area contributed by atoms with Crippen LogP contribution in [0.4, 0.5) is 0 Å². The maximum Gasteiger partial charge on any atom is 0.374 e. The van der Waals surface area contributed by atoms with E-state index in [2.05, 4.69) is 16.9 Å². The van der Waals surface area contributed by atoms with Crippen LogP contribution in [0.25, 0.3) is 0 Å². The fourth-order valence-corrected chi connectivity index (χ4v) is 2.45. The molecule has 2 rings (SSSR count). The molecule has 0 amide bonds. The first-order chi connectivity index (χ1) is 8.63. The molecule has 0 fully saturated rings. The van der Waals surface area contributed by atoms with Gasteiger partial charge in [0.1, 0.15) is 0 Å². The van der Waals surface area contributed by atoms with E-state index in [1.165, 1.54) is 31.1 Å². The number of methoxy groups -OCH3 is 1. The highest BCUT2D eigenvalue weighted by Gasteiger charge is 2.24.